The minimum absolute atomic E-state index is 0.212. The van der Waals surface area contributed by atoms with Crippen molar-refractivity contribution in [3.8, 4) is 5.75 Å². The van der Waals surface area contributed by atoms with Gasteiger partial charge >= 0.3 is 11.9 Å². The highest BCUT2D eigenvalue weighted by Gasteiger charge is 2.25. The average molecular weight is 538 g/mol. The number of esters is 1. The van der Waals surface area contributed by atoms with E-state index in [0.717, 1.165) is 22.9 Å². The van der Waals surface area contributed by atoms with E-state index in [1.807, 2.05) is 60.7 Å². The number of aliphatic carboxylic acids is 1. The smallest absolute Gasteiger partial charge is 0.311 e. The quantitative estimate of drug-likeness (QED) is 0.209. The van der Waals surface area contributed by atoms with E-state index in [4.69, 9.17) is 21.4 Å². The summed E-state index contributed by atoms with van der Waals surface area (Å²) in [5, 5.41) is 10.4. The Kier molecular flexibility index (Phi) is 10.5. The van der Waals surface area contributed by atoms with E-state index in [2.05, 4.69) is 5.32 Å². The van der Waals surface area contributed by atoms with Crippen LogP contribution in [0, 0.1) is 0 Å². The van der Waals surface area contributed by atoms with Crippen molar-refractivity contribution in [3.05, 3.63) is 105 Å². The predicted molar refractivity (Wildman–Crippen MR) is 143 cm³/mol. The maximum absolute atomic E-state index is 12.0. The van der Waals surface area contributed by atoms with E-state index in [1.54, 1.807) is 24.3 Å². The molecule has 1 saturated heterocycles. The summed E-state index contributed by atoms with van der Waals surface area (Å²) in [5.41, 5.74) is 2.76. The largest absolute Gasteiger partial charge is 0.481 e. The van der Waals surface area contributed by atoms with Gasteiger partial charge in [0.15, 0.2) is 0 Å². The number of hydrogen-bond acceptors (Lipinski definition) is 6. The number of aryl methyl sites for hydroxylation is 2. The Bertz CT molecular complexity index is 1290. The lowest BCUT2D eigenvalue weighted by molar-refractivity contribution is -0.137. The topological polar surface area (TPSA) is 110 Å². The van der Waals surface area contributed by atoms with Gasteiger partial charge in [0.1, 0.15) is 5.75 Å². The van der Waals surface area contributed by atoms with E-state index in [1.165, 1.54) is 0 Å². The second-order valence-corrected chi connectivity index (χ2v) is 9.30. The third kappa shape index (κ3) is 9.59. The molecule has 0 bridgehead atoms. The Labute approximate surface area is 223 Å². The van der Waals surface area contributed by atoms with Crippen LogP contribution in [0.4, 0.5) is 4.79 Å². The van der Waals surface area contributed by atoms with Gasteiger partial charge in [0.05, 0.1) is 9.93 Å². The molecule has 1 aliphatic rings. The van der Waals surface area contributed by atoms with Gasteiger partial charge in [0, 0.05) is 12.8 Å². The molecule has 4 rings (SSSR count). The molecule has 0 saturated carbocycles. The van der Waals surface area contributed by atoms with Crippen molar-refractivity contribution < 1.29 is 29.0 Å². The lowest BCUT2D eigenvalue weighted by Gasteiger charge is -2.07. The van der Waals surface area contributed by atoms with Crippen molar-refractivity contribution in [1.29, 1.82) is 0 Å². The minimum atomic E-state index is -0.742. The Morgan fingerprint density at radius 1 is 0.892 bits per heavy atom. The molecule has 0 aliphatic carbocycles. The first-order chi connectivity index (χ1) is 17.8. The monoisotopic (exact) mass is 537 g/mol. The third-order valence-electron chi connectivity index (χ3n) is 5.05. The highest BCUT2D eigenvalue weighted by Crippen LogP contribution is 2.30. The van der Waals surface area contributed by atoms with Crippen molar-refractivity contribution in [2.45, 2.75) is 25.7 Å². The Hall–Kier alpha value is -3.88. The van der Waals surface area contributed by atoms with Crippen LogP contribution < -0.4 is 10.1 Å². The van der Waals surface area contributed by atoms with Crippen LogP contribution in [-0.2, 0) is 27.2 Å². The first-order valence-corrected chi connectivity index (χ1v) is 12.5. The van der Waals surface area contributed by atoms with Crippen LogP contribution in [0.3, 0.4) is 0 Å². The molecule has 190 valence electrons. The number of nitrogens with one attached hydrogen (secondary N) is 1. The fourth-order valence-electron chi connectivity index (χ4n) is 3.22. The number of carbonyl (C=O) groups is 4. The molecule has 0 spiro atoms. The Balaban J connectivity index is 0.000000289. The molecular formula is C28H24ClNO6S. The SMILES string of the molecule is O=C(CCc1ccccc1)Oc1ccc(/C=C2\SC(=O)NC2=O)cc1Cl.O=C(O)CCc1ccccc1. The standard InChI is InChI=1S/C19H14ClNO4S.C9H10O2/c20-14-10-13(11-16-18(23)21-19(24)26-16)6-8-15(14)25-17(22)9-7-12-4-2-1-3-5-12;10-9(11)7-6-8-4-2-1-3-5-8/h1-6,8,10-11H,7,9H2,(H,21,23,24);1-5H,6-7H2,(H,10,11)/b16-11-;. The number of carboxylic acids is 1. The number of benzene rings is 3. The number of rotatable bonds is 8. The summed E-state index contributed by atoms with van der Waals surface area (Å²) in [6, 6.07) is 24.1. The Morgan fingerprint density at radius 3 is 2.00 bits per heavy atom. The molecule has 2 N–H and O–H groups in total. The van der Waals surface area contributed by atoms with Crippen molar-refractivity contribution in [3.63, 3.8) is 0 Å². The predicted octanol–water partition coefficient (Wildman–Crippen LogP) is 5.91. The number of imide groups is 1. The molecular weight excluding hydrogens is 514 g/mol. The zero-order chi connectivity index (χ0) is 26.6. The third-order valence-corrected chi connectivity index (χ3v) is 6.16. The number of carbonyl (C=O) groups excluding carboxylic acids is 3. The van der Waals surface area contributed by atoms with Gasteiger partial charge in [0.25, 0.3) is 11.1 Å². The van der Waals surface area contributed by atoms with Crippen LogP contribution in [0.25, 0.3) is 6.08 Å². The molecule has 0 unspecified atom stereocenters. The summed E-state index contributed by atoms with van der Waals surface area (Å²) < 4.78 is 5.30. The molecule has 3 aromatic rings. The highest BCUT2D eigenvalue weighted by molar-refractivity contribution is 8.18. The number of ether oxygens (including phenoxy) is 1. The van der Waals surface area contributed by atoms with E-state index >= 15 is 0 Å². The van der Waals surface area contributed by atoms with Gasteiger partial charge in [-0.15, -0.1) is 0 Å². The minimum Gasteiger partial charge on any atom is -0.481 e. The van der Waals surface area contributed by atoms with Gasteiger partial charge in [-0.05, 0) is 59.5 Å². The van der Waals surface area contributed by atoms with Gasteiger partial charge in [0.2, 0.25) is 0 Å². The molecule has 1 fully saturated rings. The molecule has 7 nitrogen and oxygen atoms in total. The zero-order valence-corrected chi connectivity index (χ0v) is 21.3. The molecule has 0 radical (unpaired) electrons. The van der Waals surface area contributed by atoms with Gasteiger partial charge in [-0.2, -0.15) is 0 Å². The number of amides is 2. The van der Waals surface area contributed by atoms with E-state index in [9.17, 15) is 19.2 Å². The molecule has 0 aromatic heterocycles. The van der Waals surface area contributed by atoms with Crippen molar-refractivity contribution in [2.24, 2.45) is 0 Å². The van der Waals surface area contributed by atoms with Gasteiger partial charge in [-0.3, -0.25) is 24.5 Å². The number of thioether (sulfide) groups is 1. The fourth-order valence-corrected chi connectivity index (χ4v) is 4.13. The van der Waals surface area contributed by atoms with Crippen LogP contribution in [0.1, 0.15) is 29.5 Å². The van der Waals surface area contributed by atoms with Crippen LogP contribution in [0.15, 0.2) is 83.8 Å². The number of hydrogen-bond donors (Lipinski definition) is 2. The summed E-state index contributed by atoms with van der Waals surface area (Å²) in [7, 11) is 0. The van der Waals surface area contributed by atoms with Crippen LogP contribution in [0.5, 0.6) is 5.75 Å². The summed E-state index contributed by atoms with van der Waals surface area (Å²) in [4.78, 5) is 45.2. The van der Waals surface area contributed by atoms with Crippen molar-refractivity contribution in [2.75, 3.05) is 0 Å². The summed E-state index contributed by atoms with van der Waals surface area (Å²) in [6.07, 6.45) is 3.21. The second-order valence-electron chi connectivity index (χ2n) is 7.88. The van der Waals surface area contributed by atoms with Crippen LogP contribution in [-0.4, -0.2) is 28.2 Å². The number of carboxylic acid groups (broad SMARTS) is 1. The van der Waals surface area contributed by atoms with Crippen LogP contribution in [0.2, 0.25) is 5.02 Å². The van der Waals surface area contributed by atoms with Gasteiger partial charge < -0.3 is 9.84 Å². The normalized spacial score (nSPS) is 13.5. The van der Waals surface area contributed by atoms with Crippen LogP contribution >= 0.6 is 23.4 Å². The van der Waals surface area contributed by atoms with E-state index in [0.29, 0.717) is 23.3 Å². The Morgan fingerprint density at radius 2 is 1.49 bits per heavy atom. The first-order valence-electron chi connectivity index (χ1n) is 11.3. The van der Waals surface area contributed by atoms with Gasteiger partial charge in [-0.1, -0.05) is 78.3 Å². The lowest BCUT2D eigenvalue weighted by Crippen LogP contribution is -2.17. The highest BCUT2D eigenvalue weighted by atomic mass is 35.5. The maximum atomic E-state index is 12.0. The van der Waals surface area contributed by atoms with Gasteiger partial charge in [-0.25, -0.2) is 0 Å². The molecule has 0 atom stereocenters. The summed E-state index contributed by atoms with van der Waals surface area (Å²) in [6.45, 7) is 0. The zero-order valence-electron chi connectivity index (χ0n) is 19.7. The summed E-state index contributed by atoms with van der Waals surface area (Å²) >= 11 is 6.99. The van der Waals surface area contributed by atoms with Crippen molar-refractivity contribution in [1.82, 2.24) is 5.32 Å². The average Bonchev–Trinajstić information content (AvgIpc) is 3.21. The second kappa shape index (κ2) is 14.0. The van der Waals surface area contributed by atoms with Crippen molar-refractivity contribution >= 4 is 52.5 Å². The first kappa shape index (κ1) is 27.7. The molecule has 2 amide bonds. The fraction of sp³-hybridized carbons (Fsp3) is 0.143. The lowest BCUT2D eigenvalue weighted by atomic mass is 10.1. The molecule has 1 heterocycles. The number of halogens is 1. The molecule has 3 aromatic carbocycles. The molecule has 37 heavy (non-hydrogen) atoms. The van der Waals surface area contributed by atoms with E-state index < -0.39 is 17.1 Å². The maximum Gasteiger partial charge on any atom is 0.311 e. The molecule has 9 heteroatoms. The summed E-state index contributed by atoms with van der Waals surface area (Å²) in [5.74, 6) is -1.30. The van der Waals surface area contributed by atoms with E-state index in [-0.39, 0.29) is 29.6 Å². The molecule has 1 aliphatic heterocycles.